The van der Waals surface area contributed by atoms with E-state index in [4.69, 9.17) is 9.84 Å². The molecule has 1 aromatic heterocycles. The molecule has 2 aliphatic heterocycles. The van der Waals surface area contributed by atoms with Gasteiger partial charge in [-0.3, -0.25) is 9.59 Å². The Morgan fingerprint density at radius 2 is 1.62 bits per heavy atom. The number of para-hydroxylation sites is 1. The Kier molecular flexibility index (Phi) is 11.0. The second-order valence-corrected chi connectivity index (χ2v) is 15.8. The standard InChI is InChI=1S/C40H50N8O3S/c1-8-32(51-33-23-18-27(39(4,5)9-2)26-31(33)40(6,7)10-3)36(49)41-28-19-21-30(22-20-28)47-37(50)34(35(43-47)46-24-14-15-25-46)52-38-42-44-45-48(38)29-16-12-11-13-17-29/h11-13,16-23,26,32,34H,8-10,14-15,24-25H2,1-7H3,(H,41,49). The van der Waals surface area contributed by atoms with Crippen LogP contribution in [0.1, 0.15) is 91.7 Å². The molecule has 2 amide bonds. The van der Waals surface area contributed by atoms with Crippen LogP contribution in [-0.4, -0.2) is 67.2 Å². The van der Waals surface area contributed by atoms with Gasteiger partial charge in [0.2, 0.25) is 5.16 Å². The van der Waals surface area contributed by atoms with E-state index in [0.29, 0.717) is 28.8 Å². The van der Waals surface area contributed by atoms with Crippen molar-refractivity contribution in [2.45, 2.75) is 108 Å². The lowest BCUT2D eigenvalue weighted by atomic mass is 9.76. The fourth-order valence-corrected chi connectivity index (χ4v) is 7.38. The number of hydrazone groups is 1. The Labute approximate surface area is 311 Å². The van der Waals surface area contributed by atoms with Crippen molar-refractivity contribution in [1.29, 1.82) is 0 Å². The van der Waals surface area contributed by atoms with E-state index in [1.54, 1.807) is 28.9 Å². The van der Waals surface area contributed by atoms with Gasteiger partial charge in [-0.2, -0.15) is 14.8 Å². The summed E-state index contributed by atoms with van der Waals surface area (Å²) in [7, 11) is 0. The highest BCUT2D eigenvalue weighted by Gasteiger charge is 2.42. The summed E-state index contributed by atoms with van der Waals surface area (Å²) in [5.74, 6) is 1.04. The molecule has 0 spiro atoms. The Balaban J connectivity index is 1.18. The number of amidine groups is 1. The summed E-state index contributed by atoms with van der Waals surface area (Å²) in [5, 5.41) is 21.5. The first-order valence-electron chi connectivity index (χ1n) is 18.4. The van der Waals surface area contributed by atoms with Crippen LogP contribution >= 0.6 is 11.8 Å². The number of anilines is 2. The predicted octanol–water partition coefficient (Wildman–Crippen LogP) is 7.75. The number of aromatic nitrogens is 4. The van der Waals surface area contributed by atoms with E-state index in [9.17, 15) is 9.59 Å². The lowest BCUT2D eigenvalue weighted by molar-refractivity contribution is -0.123. The van der Waals surface area contributed by atoms with Crippen molar-refractivity contribution in [1.82, 2.24) is 25.1 Å². The molecular weight excluding hydrogens is 673 g/mol. The maximum Gasteiger partial charge on any atom is 0.268 e. The van der Waals surface area contributed by atoms with Gasteiger partial charge in [0.05, 0.1) is 11.4 Å². The second kappa shape index (κ2) is 15.5. The van der Waals surface area contributed by atoms with Gasteiger partial charge in [0.1, 0.15) is 11.6 Å². The van der Waals surface area contributed by atoms with Crippen molar-refractivity contribution in [3.63, 3.8) is 0 Å². The second-order valence-electron chi connectivity index (χ2n) is 14.7. The van der Waals surface area contributed by atoms with E-state index in [1.165, 1.54) is 22.3 Å². The van der Waals surface area contributed by atoms with Crippen molar-refractivity contribution in [3.05, 3.63) is 83.9 Å². The van der Waals surface area contributed by atoms with Gasteiger partial charge in [-0.05, 0) is 101 Å². The molecule has 0 aliphatic carbocycles. The minimum atomic E-state index is -0.686. The van der Waals surface area contributed by atoms with Crippen LogP contribution in [0.15, 0.2) is 83.1 Å². The molecule has 6 rings (SSSR count). The number of hydrogen-bond donors (Lipinski definition) is 1. The molecule has 0 saturated carbocycles. The van der Waals surface area contributed by atoms with E-state index >= 15 is 0 Å². The number of nitrogens with zero attached hydrogens (tertiary/aromatic N) is 7. The molecule has 2 aliphatic rings. The molecular formula is C40H50N8O3S. The van der Waals surface area contributed by atoms with E-state index in [1.807, 2.05) is 43.3 Å². The number of hydrogen-bond acceptors (Lipinski definition) is 9. The fraction of sp³-hybridized carbons (Fsp3) is 0.450. The number of benzene rings is 3. The van der Waals surface area contributed by atoms with Crippen LogP contribution in [0.25, 0.3) is 5.69 Å². The number of ether oxygens (including phenoxy) is 1. The molecule has 0 radical (unpaired) electrons. The van der Waals surface area contributed by atoms with Gasteiger partial charge in [-0.15, -0.1) is 5.10 Å². The minimum absolute atomic E-state index is 0.0338. The van der Waals surface area contributed by atoms with E-state index in [2.05, 4.69) is 79.4 Å². The number of likely N-dealkylation sites (tertiary alicyclic amines) is 1. The summed E-state index contributed by atoms with van der Waals surface area (Å²) < 4.78 is 8.12. The van der Waals surface area contributed by atoms with Crippen molar-refractivity contribution < 1.29 is 14.3 Å². The molecule has 52 heavy (non-hydrogen) atoms. The number of amides is 2. The summed E-state index contributed by atoms with van der Waals surface area (Å²) in [6.45, 7) is 17.0. The molecule has 2 atom stereocenters. The molecule has 3 aromatic carbocycles. The first-order valence-corrected chi connectivity index (χ1v) is 19.2. The molecule has 1 saturated heterocycles. The third-order valence-electron chi connectivity index (χ3n) is 10.5. The Morgan fingerprint density at radius 3 is 2.27 bits per heavy atom. The smallest absolute Gasteiger partial charge is 0.268 e. The van der Waals surface area contributed by atoms with Crippen molar-refractivity contribution in [2.75, 3.05) is 23.4 Å². The first-order chi connectivity index (χ1) is 25.0. The van der Waals surface area contributed by atoms with E-state index in [0.717, 1.165) is 55.8 Å². The molecule has 11 nitrogen and oxygen atoms in total. The van der Waals surface area contributed by atoms with Gasteiger partial charge in [0, 0.05) is 24.3 Å². The van der Waals surface area contributed by atoms with Crippen molar-refractivity contribution in [3.8, 4) is 11.4 Å². The van der Waals surface area contributed by atoms with Crippen LogP contribution in [-0.2, 0) is 20.4 Å². The third kappa shape index (κ3) is 7.72. The summed E-state index contributed by atoms with van der Waals surface area (Å²) in [6.07, 6.45) is 3.86. The van der Waals surface area contributed by atoms with E-state index in [-0.39, 0.29) is 22.6 Å². The Hall–Kier alpha value is -4.71. The maximum absolute atomic E-state index is 14.0. The number of nitrogens with one attached hydrogen (secondary N) is 1. The summed E-state index contributed by atoms with van der Waals surface area (Å²) >= 11 is 1.30. The molecule has 12 heteroatoms. The third-order valence-corrected chi connectivity index (χ3v) is 11.6. The summed E-state index contributed by atoms with van der Waals surface area (Å²) in [4.78, 5) is 29.8. The molecule has 1 fully saturated rings. The molecule has 3 heterocycles. The van der Waals surface area contributed by atoms with Gasteiger partial charge >= 0.3 is 0 Å². The zero-order valence-electron chi connectivity index (χ0n) is 31.3. The predicted molar refractivity (Wildman–Crippen MR) is 207 cm³/mol. The number of rotatable bonds is 13. The van der Waals surface area contributed by atoms with Crippen LogP contribution in [0.5, 0.6) is 5.75 Å². The molecule has 2 unspecified atom stereocenters. The number of carbonyl (C=O) groups excluding carboxylic acids is 2. The normalized spacial score (nSPS) is 17.0. The van der Waals surface area contributed by atoms with Gasteiger partial charge < -0.3 is 15.0 Å². The lowest BCUT2D eigenvalue weighted by Gasteiger charge is -2.31. The number of thioether (sulfide) groups is 1. The van der Waals surface area contributed by atoms with E-state index < -0.39 is 11.4 Å². The lowest BCUT2D eigenvalue weighted by Crippen LogP contribution is -2.37. The summed E-state index contributed by atoms with van der Waals surface area (Å²) in [5.41, 5.74) is 4.31. The van der Waals surface area contributed by atoms with Crippen LogP contribution in [0.2, 0.25) is 0 Å². The van der Waals surface area contributed by atoms with Crippen molar-refractivity contribution >= 4 is 40.8 Å². The largest absolute Gasteiger partial charge is 0.480 e. The Morgan fingerprint density at radius 1 is 0.923 bits per heavy atom. The molecule has 274 valence electrons. The zero-order valence-corrected chi connectivity index (χ0v) is 32.1. The first kappa shape index (κ1) is 37.1. The van der Waals surface area contributed by atoms with Crippen LogP contribution in [0.3, 0.4) is 0 Å². The highest BCUT2D eigenvalue weighted by molar-refractivity contribution is 8.01. The molecule has 4 aromatic rings. The quantitative estimate of drug-likeness (QED) is 0.149. The fourth-order valence-electron chi connectivity index (χ4n) is 6.34. The topological polar surface area (TPSA) is 118 Å². The van der Waals surface area contributed by atoms with Gasteiger partial charge in [-0.25, -0.2) is 0 Å². The number of tetrazole rings is 1. The molecule has 1 N–H and O–H groups in total. The van der Waals surface area contributed by atoms with Gasteiger partial charge in [0.15, 0.2) is 11.4 Å². The number of carbonyl (C=O) groups is 2. The molecule has 0 bridgehead atoms. The highest BCUT2D eigenvalue weighted by Crippen LogP contribution is 2.39. The van der Waals surface area contributed by atoms with Gasteiger partial charge in [-0.1, -0.05) is 90.6 Å². The van der Waals surface area contributed by atoms with Crippen LogP contribution in [0, 0.1) is 0 Å². The SMILES string of the molecule is CCC(Oc1ccc(C(C)(C)CC)cc1C(C)(C)CC)C(=O)Nc1ccc(N2N=C(N3CCCC3)C(Sc3nnnn3-c3ccccc3)C2=O)cc1. The van der Waals surface area contributed by atoms with Gasteiger partial charge in [0.25, 0.3) is 11.8 Å². The van der Waals surface area contributed by atoms with Crippen LogP contribution < -0.4 is 15.1 Å². The average molecular weight is 723 g/mol. The average Bonchev–Trinajstić information content (AvgIpc) is 3.93. The van der Waals surface area contributed by atoms with Crippen molar-refractivity contribution in [2.24, 2.45) is 5.10 Å². The zero-order chi connectivity index (χ0) is 37.0. The van der Waals surface area contributed by atoms with Crippen LogP contribution in [0.4, 0.5) is 11.4 Å². The Bertz CT molecular complexity index is 1900. The minimum Gasteiger partial charge on any atom is -0.480 e. The summed E-state index contributed by atoms with van der Waals surface area (Å²) in [6, 6.07) is 23.2. The highest BCUT2D eigenvalue weighted by atomic mass is 32.2. The maximum atomic E-state index is 14.0. The monoisotopic (exact) mass is 722 g/mol.